The van der Waals surface area contributed by atoms with Gasteiger partial charge in [0.1, 0.15) is 0 Å². The van der Waals surface area contributed by atoms with Crippen LogP contribution in [0.2, 0.25) is 0 Å². The lowest BCUT2D eigenvalue weighted by atomic mass is 9.75. The number of benzene rings is 1. The van der Waals surface area contributed by atoms with E-state index in [9.17, 15) is 4.79 Å². The summed E-state index contributed by atoms with van der Waals surface area (Å²) < 4.78 is 0. The lowest BCUT2D eigenvalue weighted by Crippen LogP contribution is -2.42. The van der Waals surface area contributed by atoms with E-state index in [1.807, 2.05) is 19.2 Å². The highest BCUT2D eigenvalue weighted by Gasteiger charge is 2.45. The van der Waals surface area contributed by atoms with Crippen molar-refractivity contribution in [3.63, 3.8) is 0 Å². The van der Waals surface area contributed by atoms with Crippen LogP contribution >= 0.6 is 0 Å². The minimum absolute atomic E-state index is 0.00246. The lowest BCUT2D eigenvalue weighted by Gasteiger charge is -2.33. The number of hydrogen-bond acceptors (Lipinski definition) is 3. The van der Waals surface area contributed by atoms with E-state index in [2.05, 4.69) is 23.1 Å². The molecule has 0 unspecified atom stereocenters. The lowest BCUT2D eigenvalue weighted by molar-refractivity contribution is -0.123. The molecule has 0 amide bonds. The van der Waals surface area contributed by atoms with Crippen LogP contribution in [-0.4, -0.2) is 18.9 Å². The molecule has 1 aromatic carbocycles. The van der Waals surface area contributed by atoms with E-state index in [-0.39, 0.29) is 17.9 Å². The van der Waals surface area contributed by atoms with Crippen LogP contribution in [0.1, 0.15) is 30.7 Å². The maximum Gasteiger partial charge on any atom is 0.156 e. The number of likely N-dealkylation sites (N-methyl/N-ethyl adjacent to an activating group) is 1. The molecule has 1 aliphatic heterocycles. The molecule has 3 atom stereocenters. The van der Waals surface area contributed by atoms with Crippen molar-refractivity contribution in [3.05, 3.63) is 29.8 Å². The number of fused-ring (bicyclic) bond motifs is 3. The zero-order chi connectivity index (χ0) is 12.7. The number of carbonyl (C=O) groups is 1. The van der Waals surface area contributed by atoms with Crippen LogP contribution < -0.4 is 4.90 Å². The molecule has 92 valence electrons. The van der Waals surface area contributed by atoms with Crippen molar-refractivity contribution >= 4 is 11.5 Å². The highest BCUT2D eigenvalue weighted by atomic mass is 16.1. The first-order valence-corrected chi connectivity index (χ1v) is 6.43. The first-order valence-electron chi connectivity index (χ1n) is 6.43. The molecule has 0 spiro atoms. The minimum Gasteiger partial charge on any atom is -0.364 e. The fourth-order valence-electron chi connectivity index (χ4n) is 3.54. The molecule has 1 aromatic rings. The number of ketones is 1. The quantitative estimate of drug-likeness (QED) is 0.757. The van der Waals surface area contributed by atoms with Gasteiger partial charge in [0.2, 0.25) is 0 Å². The molecule has 3 rings (SSSR count). The predicted octanol–water partition coefficient (Wildman–Crippen LogP) is 2.48. The first-order chi connectivity index (χ1) is 8.72. The third-order valence-electron chi connectivity index (χ3n) is 4.30. The predicted molar refractivity (Wildman–Crippen MR) is 69.3 cm³/mol. The Bertz CT molecular complexity index is 532. The maximum atomic E-state index is 12.3. The Balaban J connectivity index is 1.98. The summed E-state index contributed by atoms with van der Waals surface area (Å²) in [7, 11) is 2.01. The third-order valence-corrected chi connectivity index (χ3v) is 4.30. The molecular formula is C15H16N2O. The Morgan fingerprint density at radius 1 is 1.44 bits per heavy atom. The SMILES string of the molecule is CN1c2ccccc2[C@H]2C[C@@H](CC#N)CC(=O)[C@@H]21. The molecule has 3 heteroatoms. The van der Waals surface area contributed by atoms with Crippen molar-refractivity contribution in [1.82, 2.24) is 0 Å². The van der Waals surface area contributed by atoms with Gasteiger partial charge in [0.15, 0.2) is 5.78 Å². The van der Waals surface area contributed by atoms with E-state index in [0.29, 0.717) is 18.6 Å². The number of Topliss-reactive ketones (excluding diaryl/α,β-unsaturated/α-hetero) is 1. The van der Waals surface area contributed by atoms with Gasteiger partial charge in [-0.25, -0.2) is 0 Å². The molecule has 18 heavy (non-hydrogen) atoms. The Morgan fingerprint density at radius 3 is 3.00 bits per heavy atom. The van der Waals surface area contributed by atoms with E-state index < -0.39 is 0 Å². The molecule has 2 aliphatic rings. The summed E-state index contributed by atoms with van der Waals surface area (Å²) >= 11 is 0. The van der Waals surface area contributed by atoms with Crippen LogP contribution in [0.15, 0.2) is 24.3 Å². The molecular weight excluding hydrogens is 224 g/mol. The largest absolute Gasteiger partial charge is 0.364 e. The van der Waals surface area contributed by atoms with E-state index in [0.717, 1.165) is 6.42 Å². The Hall–Kier alpha value is -1.82. The van der Waals surface area contributed by atoms with Gasteiger partial charge in [-0.2, -0.15) is 5.26 Å². The van der Waals surface area contributed by atoms with Crippen molar-refractivity contribution in [3.8, 4) is 6.07 Å². The molecule has 1 heterocycles. The Morgan fingerprint density at radius 2 is 2.22 bits per heavy atom. The number of carbonyl (C=O) groups excluding carboxylic acids is 1. The molecule has 1 saturated carbocycles. The zero-order valence-corrected chi connectivity index (χ0v) is 10.5. The van der Waals surface area contributed by atoms with Gasteiger partial charge in [-0.15, -0.1) is 0 Å². The number of anilines is 1. The summed E-state index contributed by atoms with van der Waals surface area (Å²) in [6.45, 7) is 0. The second-order valence-electron chi connectivity index (χ2n) is 5.36. The van der Waals surface area contributed by atoms with E-state index in [1.54, 1.807) is 0 Å². The fourth-order valence-corrected chi connectivity index (χ4v) is 3.54. The summed E-state index contributed by atoms with van der Waals surface area (Å²) in [5.41, 5.74) is 2.46. The van der Waals surface area contributed by atoms with Gasteiger partial charge in [-0.1, -0.05) is 18.2 Å². The summed E-state index contributed by atoms with van der Waals surface area (Å²) in [5, 5.41) is 8.82. The van der Waals surface area contributed by atoms with Gasteiger partial charge in [0, 0.05) is 31.5 Å². The van der Waals surface area contributed by atoms with Gasteiger partial charge in [-0.05, 0) is 24.0 Å². The number of hydrogen-bond donors (Lipinski definition) is 0. The standard InChI is InChI=1S/C15H16N2O/c1-17-13-5-3-2-4-11(13)12-8-10(6-7-16)9-14(18)15(12)17/h2-5,10,12,15H,6,8-9H2,1H3/t10-,12-,15-/m1/s1. The van der Waals surface area contributed by atoms with Gasteiger partial charge < -0.3 is 4.90 Å². The van der Waals surface area contributed by atoms with Crippen LogP contribution in [0.25, 0.3) is 0 Å². The molecule has 0 bridgehead atoms. The van der Waals surface area contributed by atoms with Crippen molar-refractivity contribution < 1.29 is 4.79 Å². The highest BCUT2D eigenvalue weighted by molar-refractivity contribution is 5.92. The van der Waals surface area contributed by atoms with Crippen LogP contribution in [0, 0.1) is 17.2 Å². The smallest absolute Gasteiger partial charge is 0.156 e. The number of rotatable bonds is 1. The Kier molecular flexibility index (Phi) is 2.59. The Labute approximate surface area is 107 Å². The van der Waals surface area contributed by atoms with E-state index in [4.69, 9.17) is 5.26 Å². The molecule has 3 nitrogen and oxygen atoms in total. The molecule has 0 N–H and O–H groups in total. The van der Waals surface area contributed by atoms with Crippen LogP contribution in [-0.2, 0) is 4.79 Å². The third kappa shape index (κ3) is 1.53. The topological polar surface area (TPSA) is 44.1 Å². The summed E-state index contributed by atoms with van der Waals surface area (Å²) in [4.78, 5) is 14.4. The van der Waals surface area contributed by atoms with Gasteiger partial charge in [0.25, 0.3) is 0 Å². The molecule has 0 radical (unpaired) electrons. The van der Waals surface area contributed by atoms with Crippen molar-refractivity contribution in [2.45, 2.75) is 31.2 Å². The molecule has 1 aliphatic carbocycles. The van der Waals surface area contributed by atoms with Crippen molar-refractivity contribution in [2.75, 3.05) is 11.9 Å². The molecule has 1 fully saturated rings. The van der Waals surface area contributed by atoms with Crippen LogP contribution in [0.3, 0.4) is 0 Å². The zero-order valence-electron chi connectivity index (χ0n) is 10.5. The second kappa shape index (κ2) is 4.13. The van der Waals surface area contributed by atoms with Crippen molar-refractivity contribution in [1.29, 1.82) is 5.26 Å². The minimum atomic E-state index is -0.00246. The van der Waals surface area contributed by atoms with Crippen LogP contribution in [0.5, 0.6) is 0 Å². The van der Waals surface area contributed by atoms with Gasteiger partial charge in [-0.3, -0.25) is 4.79 Å². The number of para-hydroxylation sites is 1. The fraction of sp³-hybridized carbons (Fsp3) is 0.467. The van der Waals surface area contributed by atoms with E-state index in [1.165, 1.54) is 11.3 Å². The summed E-state index contributed by atoms with van der Waals surface area (Å²) in [6.07, 6.45) is 2.03. The average molecular weight is 240 g/mol. The molecule has 0 aromatic heterocycles. The normalized spacial score (nSPS) is 29.7. The number of nitrogens with zero attached hydrogens (tertiary/aromatic N) is 2. The average Bonchev–Trinajstić information content (AvgIpc) is 2.65. The monoisotopic (exact) mass is 240 g/mol. The first kappa shape index (κ1) is 11.3. The number of nitriles is 1. The van der Waals surface area contributed by atoms with Gasteiger partial charge >= 0.3 is 0 Å². The highest BCUT2D eigenvalue weighted by Crippen LogP contribution is 2.47. The van der Waals surface area contributed by atoms with E-state index >= 15 is 0 Å². The summed E-state index contributed by atoms with van der Waals surface area (Å²) in [5.74, 6) is 0.819. The van der Waals surface area contributed by atoms with Crippen LogP contribution in [0.4, 0.5) is 5.69 Å². The van der Waals surface area contributed by atoms with Gasteiger partial charge in [0.05, 0.1) is 12.1 Å². The summed E-state index contributed by atoms with van der Waals surface area (Å²) in [6, 6.07) is 10.5. The van der Waals surface area contributed by atoms with Crippen molar-refractivity contribution in [2.24, 2.45) is 5.92 Å². The maximum absolute atomic E-state index is 12.3. The second-order valence-corrected chi connectivity index (χ2v) is 5.36. The molecule has 0 saturated heterocycles.